The molecule has 1 atom stereocenters. The minimum atomic E-state index is -0.430. The van der Waals surface area contributed by atoms with E-state index in [1.165, 1.54) is 17.8 Å². The van der Waals surface area contributed by atoms with Gasteiger partial charge >= 0.3 is 0 Å². The molecule has 6 heteroatoms. The van der Waals surface area contributed by atoms with Gasteiger partial charge in [0.2, 0.25) is 0 Å². The Balaban J connectivity index is 1.87. The lowest BCUT2D eigenvalue weighted by Crippen LogP contribution is -2.23. The largest absolute Gasteiger partial charge is 0.497 e. The van der Waals surface area contributed by atoms with Crippen molar-refractivity contribution in [2.45, 2.75) is 18.9 Å². The highest BCUT2D eigenvalue weighted by Crippen LogP contribution is 2.36. The van der Waals surface area contributed by atoms with Crippen molar-refractivity contribution < 1.29 is 9.66 Å². The summed E-state index contributed by atoms with van der Waals surface area (Å²) >= 11 is 0. The third-order valence-corrected chi connectivity index (χ3v) is 3.97. The smallest absolute Gasteiger partial charge is 0.287 e. The molecular formula is C16H17N3O3. The zero-order valence-corrected chi connectivity index (χ0v) is 12.3. The fraction of sp³-hybridized carbons (Fsp3) is 0.312. The Morgan fingerprint density at radius 1 is 1.36 bits per heavy atom. The lowest BCUT2D eigenvalue weighted by atomic mass is 10.0. The Morgan fingerprint density at radius 3 is 2.91 bits per heavy atom. The molecule has 0 spiro atoms. The summed E-state index contributed by atoms with van der Waals surface area (Å²) in [6.07, 6.45) is 3.42. The summed E-state index contributed by atoms with van der Waals surface area (Å²) in [6, 6.07) is 11.5. The van der Waals surface area contributed by atoms with E-state index in [1.54, 1.807) is 13.2 Å². The molecule has 1 aliphatic rings. The van der Waals surface area contributed by atoms with Crippen molar-refractivity contribution in [3.63, 3.8) is 0 Å². The molecule has 2 heterocycles. The van der Waals surface area contributed by atoms with Gasteiger partial charge in [0.05, 0.1) is 18.1 Å². The van der Waals surface area contributed by atoms with Crippen LogP contribution >= 0.6 is 0 Å². The van der Waals surface area contributed by atoms with Crippen LogP contribution in [0.3, 0.4) is 0 Å². The van der Waals surface area contributed by atoms with E-state index >= 15 is 0 Å². The van der Waals surface area contributed by atoms with Crippen molar-refractivity contribution in [1.82, 2.24) is 4.98 Å². The zero-order chi connectivity index (χ0) is 15.5. The first-order chi connectivity index (χ1) is 10.7. The molecule has 1 saturated heterocycles. The number of pyridine rings is 1. The van der Waals surface area contributed by atoms with Crippen LogP contribution in [-0.4, -0.2) is 23.6 Å². The molecule has 1 fully saturated rings. The molecule has 0 unspecified atom stereocenters. The van der Waals surface area contributed by atoms with Crippen molar-refractivity contribution in [1.29, 1.82) is 0 Å². The number of aromatic nitrogens is 1. The summed E-state index contributed by atoms with van der Waals surface area (Å²) < 4.78 is 5.29. The molecule has 3 rings (SSSR count). The summed E-state index contributed by atoms with van der Waals surface area (Å²) in [5, 5.41) is 10.7. The van der Waals surface area contributed by atoms with E-state index in [2.05, 4.69) is 16.0 Å². The van der Waals surface area contributed by atoms with Gasteiger partial charge in [0.25, 0.3) is 5.69 Å². The molecular weight excluding hydrogens is 282 g/mol. The molecule has 0 N–H and O–H groups in total. The van der Waals surface area contributed by atoms with Crippen molar-refractivity contribution >= 4 is 11.5 Å². The van der Waals surface area contributed by atoms with Gasteiger partial charge in [-0.1, -0.05) is 12.1 Å². The standard InChI is InChI=1S/C16H17N3O3/c1-22-14-5-2-4-12(10-14)15-6-3-9-18(15)16-8-7-13(11-17-16)19(20)21/h2,4-5,7-8,10-11,15H,3,6,9H2,1H3/t15-/m1/s1. The predicted molar refractivity (Wildman–Crippen MR) is 83.2 cm³/mol. The number of hydrogen-bond donors (Lipinski definition) is 0. The third-order valence-electron chi connectivity index (χ3n) is 3.97. The number of ether oxygens (including phenoxy) is 1. The molecule has 0 radical (unpaired) electrons. The summed E-state index contributed by atoms with van der Waals surface area (Å²) in [7, 11) is 1.66. The average molecular weight is 299 g/mol. The van der Waals surface area contributed by atoms with Gasteiger partial charge in [-0.3, -0.25) is 10.1 Å². The molecule has 1 aliphatic heterocycles. The van der Waals surface area contributed by atoms with Crippen molar-refractivity contribution in [3.05, 3.63) is 58.3 Å². The second kappa shape index (κ2) is 6.01. The normalized spacial score (nSPS) is 17.5. The number of methoxy groups -OCH3 is 1. The van der Waals surface area contributed by atoms with Gasteiger partial charge in [-0.25, -0.2) is 4.98 Å². The first-order valence-electron chi connectivity index (χ1n) is 7.20. The number of benzene rings is 1. The lowest BCUT2D eigenvalue weighted by molar-refractivity contribution is -0.385. The Hall–Kier alpha value is -2.63. The van der Waals surface area contributed by atoms with Crippen LogP contribution in [0.1, 0.15) is 24.4 Å². The van der Waals surface area contributed by atoms with Crippen LogP contribution in [0, 0.1) is 10.1 Å². The minimum absolute atomic E-state index is 0.0147. The van der Waals surface area contributed by atoms with E-state index in [9.17, 15) is 10.1 Å². The van der Waals surface area contributed by atoms with Crippen LogP contribution in [0.2, 0.25) is 0 Å². The van der Waals surface area contributed by atoms with Crippen molar-refractivity contribution in [2.24, 2.45) is 0 Å². The minimum Gasteiger partial charge on any atom is -0.497 e. The highest BCUT2D eigenvalue weighted by molar-refractivity contribution is 5.47. The summed E-state index contributed by atoms with van der Waals surface area (Å²) in [6.45, 7) is 0.896. The lowest BCUT2D eigenvalue weighted by Gasteiger charge is -2.26. The van der Waals surface area contributed by atoms with E-state index in [0.717, 1.165) is 31.0 Å². The quantitative estimate of drug-likeness (QED) is 0.639. The van der Waals surface area contributed by atoms with Crippen LogP contribution in [0.15, 0.2) is 42.6 Å². The number of nitro groups is 1. The zero-order valence-electron chi connectivity index (χ0n) is 12.3. The maximum Gasteiger partial charge on any atom is 0.287 e. The Kier molecular flexibility index (Phi) is 3.91. The monoisotopic (exact) mass is 299 g/mol. The second-order valence-electron chi connectivity index (χ2n) is 5.26. The highest BCUT2D eigenvalue weighted by atomic mass is 16.6. The van der Waals surface area contributed by atoms with E-state index in [0.29, 0.717) is 0 Å². The van der Waals surface area contributed by atoms with Crippen LogP contribution in [0.4, 0.5) is 11.5 Å². The van der Waals surface area contributed by atoms with E-state index in [1.807, 2.05) is 18.2 Å². The SMILES string of the molecule is COc1cccc([C@H]2CCCN2c2ccc([N+](=O)[O-])cn2)c1. The molecule has 0 bridgehead atoms. The Labute approximate surface area is 128 Å². The van der Waals surface area contributed by atoms with Gasteiger partial charge in [0, 0.05) is 12.6 Å². The topological polar surface area (TPSA) is 68.5 Å². The molecule has 0 amide bonds. The molecule has 2 aromatic rings. The van der Waals surface area contributed by atoms with Crippen molar-refractivity contribution in [3.8, 4) is 5.75 Å². The van der Waals surface area contributed by atoms with Crippen LogP contribution in [0.5, 0.6) is 5.75 Å². The van der Waals surface area contributed by atoms with Gasteiger partial charge in [-0.2, -0.15) is 0 Å². The molecule has 114 valence electrons. The number of hydrogen-bond acceptors (Lipinski definition) is 5. The fourth-order valence-corrected chi connectivity index (χ4v) is 2.89. The number of nitrogens with zero attached hydrogens (tertiary/aromatic N) is 3. The maximum atomic E-state index is 10.7. The number of anilines is 1. The van der Waals surface area contributed by atoms with Crippen LogP contribution in [-0.2, 0) is 0 Å². The van der Waals surface area contributed by atoms with E-state index < -0.39 is 4.92 Å². The van der Waals surface area contributed by atoms with E-state index in [-0.39, 0.29) is 11.7 Å². The first-order valence-corrected chi connectivity index (χ1v) is 7.20. The summed E-state index contributed by atoms with van der Waals surface area (Å²) in [5.74, 6) is 1.61. The van der Waals surface area contributed by atoms with Gasteiger partial charge in [-0.15, -0.1) is 0 Å². The third kappa shape index (κ3) is 2.72. The highest BCUT2D eigenvalue weighted by Gasteiger charge is 2.27. The van der Waals surface area contributed by atoms with Crippen LogP contribution in [0.25, 0.3) is 0 Å². The predicted octanol–water partition coefficient (Wildman–Crippen LogP) is 3.34. The van der Waals surface area contributed by atoms with Gasteiger partial charge < -0.3 is 9.64 Å². The Bertz CT molecular complexity index is 673. The second-order valence-corrected chi connectivity index (χ2v) is 5.26. The van der Waals surface area contributed by atoms with Crippen molar-refractivity contribution in [2.75, 3.05) is 18.6 Å². The first kappa shape index (κ1) is 14.3. The number of rotatable bonds is 4. The molecule has 0 saturated carbocycles. The summed E-state index contributed by atoms with van der Waals surface area (Å²) in [5.41, 5.74) is 1.19. The molecule has 22 heavy (non-hydrogen) atoms. The maximum absolute atomic E-state index is 10.7. The molecule has 1 aromatic heterocycles. The van der Waals surface area contributed by atoms with Gasteiger partial charge in [0.15, 0.2) is 0 Å². The Morgan fingerprint density at radius 2 is 2.23 bits per heavy atom. The van der Waals surface area contributed by atoms with Crippen LogP contribution < -0.4 is 9.64 Å². The van der Waals surface area contributed by atoms with E-state index in [4.69, 9.17) is 4.74 Å². The average Bonchev–Trinajstić information content (AvgIpc) is 3.04. The summed E-state index contributed by atoms with van der Waals surface area (Å²) in [4.78, 5) is 16.7. The fourth-order valence-electron chi connectivity index (χ4n) is 2.89. The van der Waals surface area contributed by atoms with Gasteiger partial charge in [-0.05, 0) is 36.6 Å². The molecule has 0 aliphatic carbocycles. The molecule has 1 aromatic carbocycles. The van der Waals surface area contributed by atoms with Gasteiger partial charge in [0.1, 0.15) is 17.8 Å². The molecule has 6 nitrogen and oxygen atoms in total.